The lowest BCUT2D eigenvalue weighted by atomic mass is 9.92. The van der Waals surface area contributed by atoms with Crippen molar-refractivity contribution in [1.29, 1.82) is 0 Å². The van der Waals surface area contributed by atoms with Crippen molar-refractivity contribution in [2.45, 2.75) is 24.8 Å². The molecule has 92 valence electrons. The molecule has 2 N–H and O–H groups in total. The molecule has 0 amide bonds. The number of esters is 1. The second kappa shape index (κ2) is 6.10. The zero-order valence-corrected chi connectivity index (χ0v) is 10.1. The normalized spacial score (nSPS) is 19.1. The van der Waals surface area contributed by atoms with Gasteiger partial charge in [-0.25, -0.2) is 0 Å². The van der Waals surface area contributed by atoms with E-state index in [0.29, 0.717) is 19.4 Å². The quantitative estimate of drug-likeness (QED) is 0.689. The van der Waals surface area contributed by atoms with E-state index in [-0.39, 0.29) is 12.4 Å². The second-order valence-corrected chi connectivity index (χ2v) is 4.98. The molecule has 0 spiro atoms. The van der Waals surface area contributed by atoms with Crippen LogP contribution in [0, 0.1) is 0 Å². The molecule has 0 aliphatic carbocycles. The number of nitrogens with one attached hydrogen (secondary N) is 1. The van der Waals surface area contributed by atoms with Gasteiger partial charge in [0.05, 0.1) is 13.5 Å². The van der Waals surface area contributed by atoms with Crippen LogP contribution in [0.1, 0.15) is 19.3 Å². The van der Waals surface area contributed by atoms with Crippen LogP contribution >= 0.6 is 11.8 Å². The van der Waals surface area contributed by atoms with Gasteiger partial charge in [-0.3, -0.25) is 9.59 Å². The minimum atomic E-state index is -0.848. The van der Waals surface area contributed by atoms with Crippen LogP contribution in [0.25, 0.3) is 0 Å². The molecule has 0 bridgehead atoms. The van der Waals surface area contributed by atoms with Crippen molar-refractivity contribution in [2.75, 3.05) is 25.2 Å². The number of carbonyl (C=O) groups is 2. The largest absolute Gasteiger partial charge is 0.480 e. The van der Waals surface area contributed by atoms with Gasteiger partial charge in [-0.15, -0.1) is 0 Å². The number of carbonyl (C=O) groups excluding carboxylic acids is 1. The molecule has 0 radical (unpaired) electrons. The standard InChI is InChI=1S/C10H17NO4S/c1-15-8(12)2-5-11-10(9(13)14)3-6-16-7-4-10/h11H,2-7H2,1H3,(H,13,14). The first-order valence-corrected chi connectivity index (χ1v) is 6.39. The van der Waals surface area contributed by atoms with Gasteiger partial charge in [0.1, 0.15) is 5.54 Å². The Bertz CT molecular complexity index is 264. The highest BCUT2D eigenvalue weighted by Crippen LogP contribution is 2.27. The number of hydrogen-bond acceptors (Lipinski definition) is 5. The lowest BCUT2D eigenvalue weighted by Gasteiger charge is -2.33. The summed E-state index contributed by atoms with van der Waals surface area (Å²) in [4.78, 5) is 22.1. The molecule has 1 aliphatic heterocycles. The maximum absolute atomic E-state index is 11.2. The second-order valence-electron chi connectivity index (χ2n) is 3.75. The minimum absolute atomic E-state index is 0.207. The van der Waals surface area contributed by atoms with Crippen molar-refractivity contribution in [1.82, 2.24) is 5.32 Å². The zero-order valence-electron chi connectivity index (χ0n) is 9.32. The Kier molecular flexibility index (Phi) is 5.08. The average molecular weight is 247 g/mol. The number of aliphatic carboxylic acids is 1. The van der Waals surface area contributed by atoms with E-state index >= 15 is 0 Å². The van der Waals surface area contributed by atoms with Crippen molar-refractivity contribution in [3.63, 3.8) is 0 Å². The summed E-state index contributed by atoms with van der Waals surface area (Å²) in [5.41, 5.74) is -0.848. The maximum atomic E-state index is 11.2. The van der Waals surface area contributed by atoms with E-state index in [1.807, 2.05) is 0 Å². The van der Waals surface area contributed by atoms with Gasteiger partial charge in [0, 0.05) is 6.54 Å². The SMILES string of the molecule is COC(=O)CCNC1(C(=O)O)CCSCC1. The molecular formula is C10H17NO4S. The summed E-state index contributed by atoms with van der Waals surface area (Å²) in [6, 6.07) is 0. The van der Waals surface area contributed by atoms with E-state index in [1.165, 1.54) is 7.11 Å². The van der Waals surface area contributed by atoms with Crippen LogP contribution in [0.5, 0.6) is 0 Å². The van der Waals surface area contributed by atoms with Gasteiger partial charge in [-0.05, 0) is 24.3 Å². The molecule has 1 fully saturated rings. The Morgan fingerprint density at radius 2 is 2.06 bits per heavy atom. The van der Waals surface area contributed by atoms with Crippen LogP contribution in [0.2, 0.25) is 0 Å². The summed E-state index contributed by atoms with van der Waals surface area (Å²) < 4.78 is 4.50. The van der Waals surface area contributed by atoms with E-state index in [2.05, 4.69) is 10.1 Å². The van der Waals surface area contributed by atoms with Crippen molar-refractivity contribution in [3.05, 3.63) is 0 Å². The van der Waals surface area contributed by atoms with Crippen LogP contribution in [0.3, 0.4) is 0 Å². The van der Waals surface area contributed by atoms with Gasteiger partial charge in [0.25, 0.3) is 0 Å². The lowest BCUT2D eigenvalue weighted by molar-refractivity contribution is -0.146. The van der Waals surface area contributed by atoms with Crippen LogP contribution in [0.4, 0.5) is 0 Å². The Morgan fingerprint density at radius 3 is 2.56 bits per heavy atom. The molecule has 0 aromatic heterocycles. The highest BCUT2D eigenvalue weighted by atomic mass is 32.2. The van der Waals surface area contributed by atoms with E-state index < -0.39 is 11.5 Å². The molecule has 1 rings (SSSR count). The van der Waals surface area contributed by atoms with Gasteiger partial charge in [-0.1, -0.05) is 0 Å². The molecule has 0 saturated carbocycles. The summed E-state index contributed by atoms with van der Waals surface area (Å²) in [5, 5.41) is 12.2. The predicted octanol–water partition coefficient (Wildman–Crippen LogP) is 0.489. The first-order chi connectivity index (χ1) is 7.60. The number of carboxylic acids is 1. The van der Waals surface area contributed by atoms with Gasteiger partial charge in [-0.2, -0.15) is 11.8 Å². The number of hydrogen-bond donors (Lipinski definition) is 2. The Hall–Kier alpha value is -0.750. The highest BCUT2D eigenvalue weighted by Gasteiger charge is 2.39. The minimum Gasteiger partial charge on any atom is -0.480 e. The average Bonchev–Trinajstić information content (AvgIpc) is 2.30. The van der Waals surface area contributed by atoms with Crippen molar-refractivity contribution in [3.8, 4) is 0 Å². The fraction of sp³-hybridized carbons (Fsp3) is 0.800. The zero-order chi connectivity index (χ0) is 12.0. The molecule has 5 nitrogen and oxygen atoms in total. The van der Waals surface area contributed by atoms with Gasteiger partial charge >= 0.3 is 11.9 Å². The Morgan fingerprint density at radius 1 is 1.44 bits per heavy atom. The Labute approximate surface area is 98.9 Å². The van der Waals surface area contributed by atoms with Crippen molar-refractivity contribution < 1.29 is 19.4 Å². The van der Waals surface area contributed by atoms with Crippen molar-refractivity contribution in [2.24, 2.45) is 0 Å². The van der Waals surface area contributed by atoms with Crippen LogP contribution in [-0.2, 0) is 14.3 Å². The highest BCUT2D eigenvalue weighted by molar-refractivity contribution is 7.99. The number of carboxylic acid groups (broad SMARTS) is 1. The summed E-state index contributed by atoms with van der Waals surface area (Å²) in [6.45, 7) is 0.351. The maximum Gasteiger partial charge on any atom is 0.323 e. The molecule has 0 atom stereocenters. The lowest BCUT2D eigenvalue weighted by Crippen LogP contribution is -2.54. The fourth-order valence-corrected chi connectivity index (χ4v) is 2.88. The first-order valence-electron chi connectivity index (χ1n) is 5.24. The van der Waals surface area contributed by atoms with Crippen molar-refractivity contribution >= 4 is 23.7 Å². The van der Waals surface area contributed by atoms with Gasteiger partial charge in [0.2, 0.25) is 0 Å². The molecule has 6 heteroatoms. The van der Waals surface area contributed by atoms with Crippen LogP contribution in [-0.4, -0.2) is 47.7 Å². The van der Waals surface area contributed by atoms with Gasteiger partial charge in [0.15, 0.2) is 0 Å². The molecule has 0 aromatic carbocycles. The third kappa shape index (κ3) is 3.38. The van der Waals surface area contributed by atoms with Crippen LogP contribution < -0.4 is 5.32 Å². The molecule has 1 heterocycles. The molecule has 0 aromatic rings. The first kappa shape index (κ1) is 13.3. The molecule has 16 heavy (non-hydrogen) atoms. The monoisotopic (exact) mass is 247 g/mol. The number of rotatable bonds is 5. The molecule has 0 unspecified atom stereocenters. The number of thioether (sulfide) groups is 1. The van der Waals surface area contributed by atoms with E-state index in [0.717, 1.165) is 11.5 Å². The third-order valence-electron chi connectivity index (χ3n) is 2.78. The summed E-state index contributed by atoms with van der Waals surface area (Å²) >= 11 is 1.76. The number of ether oxygens (including phenoxy) is 1. The van der Waals surface area contributed by atoms with Crippen LogP contribution in [0.15, 0.2) is 0 Å². The number of methoxy groups -OCH3 is 1. The third-order valence-corrected chi connectivity index (χ3v) is 3.76. The predicted molar refractivity (Wildman–Crippen MR) is 61.6 cm³/mol. The Balaban J connectivity index is 2.45. The molecule has 1 saturated heterocycles. The van der Waals surface area contributed by atoms with Gasteiger partial charge < -0.3 is 15.2 Å². The van der Waals surface area contributed by atoms with E-state index in [1.54, 1.807) is 11.8 Å². The van der Waals surface area contributed by atoms with E-state index in [4.69, 9.17) is 0 Å². The molecule has 1 aliphatic rings. The molecular weight excluding hydrogens is 230 g/mol. The topological polar surface area (TPSA) is 75.6 Å². The summed E-state index contributed by atoms with van der Waals surface area (Å²) in [6.07, 6.45) is 1.42. The smallest absolute Gasteiger partial charge is 0.323 e. The summed E-state index contributed by atoms with van der Waals surface area (Å²) in [5.74, 6) is 0.547. The fourth-order valence-electron chi connectivity index (χ4n) is 1.69. The summed E-state index contributed by atoms with van der Waals surface area (Å²) in [7, 11) is 1.33. The van der Waals surface area contributed by atoms with E-state index in [9.17, 15) is 14.7 Å².